The number of carbonyl (C=O) groups excluding carboxylic acids is 7. The van der Waals surface area contributed by atoms with Crippen LogP contribution in [0.15, 0.2) is 0 Å². The van der Waals surface area contributed by atoms with Gasteiger partial charge in [-0.3, -0.25) is 48.6 Å². The highest BCUT2D eigenvalue weighted by atomic mass is 16.4. The lowest BCUT2D eigenvalue weighted by Gasteiger charge is -2.29. The first-order valence-electron chi connectivity index (χ1n) is 19.1. The minimum absolute atomic E-state index is 0.00704. The van der Waals surface area contributed by atoms with Gasteiger partial charge in [-0.2, -0.15) is 0 Å². The summed E-state index contributed by atoms with van der Waals surface area (Å²) in [6.45, 7) is 5.80. The van der Waals surface area contributed by atoms with Crippen molar-refractivity contribution in [2.45, 2.75) is 115 Å². The van der Waals surface area contributed by atoms with Crippen molar-refractivity contribution in [2.24, 2.45) is 23.3 Å². The van der Waals surface area contributed by atoms with E-state index in [4.69, 9.17) is 22.0 Å². The first-order chi connectivity index (χ1) is 27.5. The first kappa shape index (κ1) is 50.9. The number of hydrogen-bond donors (Lipinski definition) is 13. The van der Waals surface area contributed by atoms with Crippen molar-refractivity contribution in [3.63, 3.8) is 0 Å². The lowest BCUT2D eigenvalue weighted by Crippen LogP contribution is -2.58. The Morgan fingerprint density at radius 2 is 1.17 bits per heavy atom. The second-order valence-electron chi connectivity index (χ2n) is 14.9. The summed E-state index contributed by atoms with van der Waals surface area (Å²) in [5.41, 5.74) is 10.8. The Morgan fingerprint density at radius 1 is 0.678 bits per heavy atom. The van der Waals surface area contributed by atoms with Crippen LogP contribution in [0, 0.1) is 17.2 Å². The van der Waals surface area contributed by atoms with Crippen molar-refractivity contribution < 1.29 is 63.3 Å². The molecule has 0 aromatic rings. The molecular weight excluding hydrogens is 782 g/mol. The summed E-state index contributed by atoms with van der Waals surface area (Å²) in [5.74, 6) is -10.9. The molecule has 59 heavy (non-hydrogen) atoms. The zero-order valence-electron chi connectivity index (χ0n) is 33.6. The van der Waals surface area contributed by atoms with Gasteiger partial charge in [-0.05, 0) is 50.4 Å². The van der Waals surface area contributed by atoms with Crippen LogP contribution in [-0.2, 0) is 47.9 Å². The zero-order valence-corrected chi connectivity index (χ0v) is 33.6. The van der Waals surface area contributed by atoms with Crippen LogP contribution in [0.3, 0.4) is 0 Å². The molecule has 0 radical (unpaired) electrons. The molecule has 1 fully saturated rings. The van der Waals surface area contributed by atoms with Gasteiger partial charge >= 0.3 is 17.9 Å². The van der Waals surface area contributed by atoms with E-state index >= 15 is 0 Å². The van der Waals surface area contributed by atoms with Crippen molar-refractivity contribution >= 4 is 65.2 Å². The second-order valence-corrected chi connectivity index (χ2v) is 14.9. The van der Waals surface area contributed by atoms with E-state index in [1.165, 1.54) is 4.90 Å². The van der Waals surface area contributed by atoms with E-state index in [0.717, 1.165) is 0 Å². The van der Waals surface area contributed by atoms with Crippen LogP contribution < -0.4 is 48.7 Å². The third-order valence-corrected chi connectivity index (χ3v) is 8.73. The Hall–Kier alpha value is -6.07. The maximum absolute atomic E-state index is 13.6. The molecule has 0 spiro atoms. The van der Waals surface area contributed by atoms with Gasteiger partial charge in [0.05, 0.1) is 32.0 Å². The average molecular weight is 842 g/mol. The topological polar surface area (TPSA) is 395 Å². The molecule has 1 saturated heterocycles. The first-order valence-corrected chi connectivity index (χ1v) is 19.1. The third-order valence-electron chi connectivity index (χ3n) is 8.73. The maximum Gasteiger partial charge on any atom is 0.326 e. The van der Waals surface area contributed by atoms with Crippen molar-refractivity contribution in [3.05, 3.63) is 0 Å². The lowest BCUT2D eigenvalue weighted by molar-refractivity contribution is -0.149. The van der Waals surface area contributed by atoms with Gasteiger partial charge in [0.2, 0.25) is 41.4 Å². The third kappa shape index (κ3) is 19.8. The molecule has 1 aliphatic heterocycles. The SMILES string of the molecule is CC(C)C[C@H](NC(=O)CNC(=O)[C@@H](N)CC(=O)O)C(=O)N[C@@H](CC(=O)O)C(=O)NCC(=O)N[C@@H](CC(C)C)C(=O)N[C@@H](CCCNC(=N)N)C(=O)N1CCC[C@H]1C(=O)O. The fraction of sp³-hybridized carbons (Fsp3) is 0.686. The summed E-state index contributed by atoms with van der Waals surface area (Å²) in [5, 5.41) is 51.9. The molecule has 1 rings (SSSR count). The number of guanidine groups is 1. The number of nitrogens with two attached hydrogens (primary N) is 2. The number of likely N-dealkylation sites (tertiary alicyclic amines) is 1. The Balaban J connectivity index is 3.05. The van der Waals surface area contributed by atoms with Crippen molar-refractivity contribution in [2.75, 3.05) is 26.2 Å². The van der Waals surface area contributed by atoms with Gasteiger partial charge in [0.25, 0.3) is 0 Å². The Bertz CT molecular complexity index is 1560. The fourth-order valence-corrected chi connectivity index (χ4v) is 5.97. The lowest BCUT2D eigenvalue weighted by atomic mass is 10.0. The summed E-state index contributed by atoms with van der Waals surface area (Å²) in [7, 11) is 0. The van der Waals surface area contributed by atoms with Crippen LogP contribution in [0.4, 0.5) is 0 Å². The van der Waals surface area contributed by atoms with Crippen molar-refractivity contribution in [1.29, 1.82) is 5.41 Å². The molecule has 0 aromatic carbocycles. The quantitative estimate of drug-likeness (QED) is 0.0223. The van der Waals surface area contributed by atoms with E-state index in [9.17, 15) is 58.2 Å². The van der Waals surface area contributed by atoms with Gasteiger partial charge in [0, 0.05) is 13.1 Å². The van der Waals surface area contributed by atoms with Gasteiger partial charge in [-0.15, -0.1) is 0 Å². The predicted molar refractivity (Wildman–Crippen MR) is 207 cm³/mol. The molecule has 332 valence electrons. The van der Waals surface area contributed by atoms with E-state index in [-0.39, 0.29) is 63.0 Å². The fourth-order valence-electron chi connectivity index (χ4n) is 5.97. The number of carboxylic acid groups (broad SMARTS) is 3. The second kappa shape index (κ2) is 25.3. The number of hydrogen-bond acceptors (Lipinski definition) is 12. The number of aliphatic carboxylic acids is 3. The summed E-state index contributed by atoms with van der Waals surface area (Å²) < 4.78 is 0. The number of carboxylic acids is 3. The molecule has 0 aliphatic carbocycles. The van der Waals surface area contributed by atoms with Crippen LogP contribution in [0.5, 0.6) is 0 Å². The highest BCUT2D eigenvalue weighted by molar-refractivity contribution is 5.97. The average Bonchev–Trinajstić information content (AvgIpc) is 3.62. The highest BCUT2D eigenvalue weighted by Crippen LogP contribution is 2.20. The number of carbonyl (C=O) groups is 10. The van der Waals surface area contributed by atoms with Crippen LogP contribution in [-0.4, -0.2) is 148 Å². The molecule has 1 aliphatic rings. The number of amides is 7. The van der Waals surface area contributed by atoms with Gasteiger partial charge in [-0.1, -0.05) is 27.7 Å². The smallest absolute Gasteiger partial charge is 0.326 e. The minimum atomic E-state index is -1.74. The molecule has 1 heterocycles. The summed E-state index contributed by atoms with van der Waals surface area (Å²) >= 11 is 0. The molecule has 0 unspecified atom stereocenters. The predicted octanol–water partition coefficient (Wildman–Crippen LogP) is -4.13. The molecule has 0 aromatic heterocycles. The molecule has 7 amide bonds. The maximum atomic E-state index is 13.6. The summed E-state index contributed by atoms with van der Waals surface area (Å²) in [6.07, 6.45) is -0.610. The molecule has 0 saturated carbocycles. The Kier molecular flexibility index (Phi) is 21.9. The summed E-state index contributed by atoms with van der Waals surface area (Å²) in [4.78, 5) is 127. The Labute approximate surface area is 340 Å². The standard InChI is InChI=1S/C35H59N11O13/c1-17(2)11-21(31(55)44-20(7-5-9-39-35(37)38)33(57)46-10-6-8-24(46)34(58)59)42-26(48)16-41-30(54)23(14-28(51)52)45-32(56)22(12-18(3)4)43-25(47)15-40-29(53)19(36)13-27(49)50/h17-24H,5-16,36H2,1-4H3,(H,40,53)(H,41,54)(H,42,48)(H,43,47)(H,44,55)(H,45,56)(H,49,50)(H,51,52)(H,58,59)(H4,37,38,39)/t19-,20-,21-,22-,23-,24-/m0/s1. The number of nitrogens with zero attached hydrogens (tertiary/aromatic N) is 1. The monoisotopic (exact) mass is 841 g/mol. The van der Waals surface area contributed by atoms with Crippen LogP contribution in [0.2, 0.25) is 0 Å². The summed E-state index contributed by atoms with van der Waals surface area (Å²) in [6, 6.07) is -8.04. The molecule has 24 nitrogen and oxygen atoms in total. The molecule has 15 N–H and O–H groups in total. The van der Waals surface area contributed by atoms with E-state index in [1.807, 2.05) is 0 Å². The van der Waals surface area contributed by atoms with Crippen LogP contribution in [0.25, 0.3) is 0 Å². The van der Waals surface area contributed by atoms with Crippen molar-refractivity contribution in [1.82, 2.24) is 42.1 Å². The Morgan fingerprint density at radius 3 is 1.63 bits per heavy atom. The highest BCUT2D eigenvalue weighted by Gasteiger charge is 2.38. The van der Waals surface area contributed by atoms with Crippen LogP contribution in [0.1, 0.15) is 79.1 Å². The van der Waals surface area contributed by atoms with Gasteiger partial charge in [0.1, 0.15) is 30.2 Å². The molecule has 0 bridgehead atoms. The van der Waals surface area contributed by atoms with Crippen LogP contribution >= 0.6 is 0 Å². The zero-order chi connectivity index (χ0) is 45.0. The van der Waals surface area contributed by atoms with Gasteiger partial charge in [-0.25, -0.2) is 4.79 Å². The van der Waals surface area contributed by atoms with E-state index in [1.54, 1.807) is 27.7 Å². The number of rotatable bonds is 26. The molecular formula is C35H59N11O13. The van der Waals surface area contributed by atoms with E-state index in [0.29, 0.717) is 6.42 Å². The largest absolute Gasteiger partial charge is 0.481 e. The molecule has 6 atom stereocenters. The van der Waals surface area contributed by atoms with E-state index in [2.05, 4.69) is 37.2 Å². The van der Waals surface area contributed by atoms with E-state index < -0.39 is 121 Å². The minimum Gasteiger partial charge on any atom is -0.481 e. The van der Waals surface area contributed by atoms with Crippen molar-refractivity contribution in [3.8, 4) is 0 Å². The number of nitrogens with one attached hydrogen (secondary N) is 8. The van der Waals surface area contributed by atoms with Gasteiger partial charge < -0.3 is 68.9 Å². The normalized spacial score (nSPS) is 16.1. The van der Waals surface area contributed by atoms with Gasteiger partial charge in [0.15, 0.2) is 5.96 Å². The molecule has 24 heteroatoms.